The normalized spacial score (nSPS) is 18.7. The lowest BCUT2D eigenvalue weighted by molar-refractivity contribution is 0.149. The van der Waals surface area contributed by atoms with Crippen LogP contribution in [0.15, 0.2) is 18.2 Å². The predicted octanol–water partition coefficient (Wildman–Crippen LogP) is 2.37. The van der Waals surface area contributed by atoms with Crippen LogP contribution in [0.5, 0.6) is 5.75 Å². The number of ether oxygens (including phenoxy) is 1. The molecule has 3 nitrogen and oxygen atoms in total. The summed E-state index contributed by atoms with van der Waals surface area (Å²) in [4.78, 5) is 2.82. The first-order chi connectivity index (χ1) is 9.49. The molecule has 1 aromatic rings. The van der Waals surface area contributed by atoms with Gasteiger partial charge in [0.15, 0.2) is 0 Å². The summed E-state index contributed by atoms with van der Waals surface area (Å²) in [5.74, 6) is 0.781. The number of thiocarbonyl (C=S) groups is 1. The fraction of sp³-hybridized carbons (Fsp3) is 0.533. The van der Waals surface area contributed by atoms with Crippen molar-refractivity contribution in [2.75, 3.05) is 19.6 Å². The lowest BCUT2D eigenvalue weighted by Crippen LogP contribution is -2.39. The largest absolute Gasteiger partial charge is 0.488 e. The van der Waals surface area contributed by atoms with Crippen molar-refractivity contribution in [3.05, 3.63) is 29.6 Å². The van der Waals surface area contributed by atoms with Gasteiger partial charge in [-0.15, -0.1) is 0 Å². The SMILES string of the molecule is CCN(CC1Cc2cc(F)ccc2O1)CC(C)C(N)=S. The average Bonchev–Trinajstić information content (AvgIpc) is 2.78. The van der Waals surface area contributed by atoms with Crippen molar-refractivity contribution in [3.63, 3.8) is 0 Å². The first kappa shape index (κ1) is 15.2. The van der Waals surface area contributed by atoms with Gasteiger partial charge in [-0.2, -0.15) is 0 Å². The molecule has 1 aliphatic rings. The second-order valence-corrected chi connectivity index (χ2v) is 5.82. The van der Waals surface area contributed by atoms with Crippen LogP contribution < -0.4 is 10.5 Å². The van der Waals surface area contributed by atoms with Gasteiger partial charge < -0.3 is 10.5 Å². The molecule has 0 aromatic heterocycles. The Balaban J connectivity index is 1.92. The van der Waals surface area contributed by atoms with Gasteiger partial charge in [0.1, 0.15) is 17.7 Å². The zero-order valence-electron chi connectivity index (χ0n) is 11.9. The number of fused-ring (bicyclic) bond motifs is 1. The van der Waals surface area contributed by atoms with Crippen molar-refractivity contribution in [1.82, 2.24) is 4.90 Å². The lowest BCUT2D eigenvalue weighted by atomic mass is 10.1. The van der Waals surface area contributed by atoms with Crippen LogP contribution in [0.2, 0.25) is 0 Å². The number of halogens is 1. The Morgan fingerprint density at radius 2 is 2.35 bits per heavy atom. The van der Waals surface area contributed by atoms with E-state index in [0.29, 0.717) is 4.99 Å². The van der Waals surface area contributed by atoms with Crippen LogP contribution in [0.4, 0.5) is 4.39 Å². The van der Waals surface area contributed by atoms with E-state index in [9.17, 15) is 4.39 Å². The second-order valence-electron chi connectivity index (χ2n) is 5.35. The van der Waals surface area contributed by atoms with E-state index in [1.165, 1.54) is 6.07 Å². The molecule has 1 aliphatic heterocycles. The molecule has 2 N–H and O–H groups in total. The summed E-state index contributed by atoms with van der Waals surface area (Å²) >= 11 is 5.02. The molecule has 0 bridgehead atoms. The molecule has 20 heavy (non-hydrogen) atoms. The highest BCUT2D eigenvalue weighted by molar-refractivity contribution is 7.80. The number of nitrogens with zero attached hydrogens (tertiary/aromatic N) is 1. The minimum absolute atomic E-state index is 0.0743. The third kappa shape index (κ3) is 3.67. The molecular weight excluding hydrogens is 275 g/mol. The first-order valence-electron chi connectivity index (χ1n) is 6.96. The minimum atomic E-state index is -0.206. The third-order valence-corrected chi connectivity index (χ3v) is 4.09. The molecule has 0 spiro atoms. The summed E-state index contributed by atoms with van der Waals surface area (Å²) in [6.07, 6.45) is 0.829. The first-order valence-corrected chi connectivity index (χ1v) is 7.37. The molecule has 2 unspecified atom stereocenters. The smallest absolute Gasteiger partial charge is 0.123 e. The van der Waals surface area contributed by atoms with Crippen LogP contribution in [-0.2, 0) is 6.42 Å². The Hall–Kier alpha value is -1.20. The monoisotopic (exact) mass is 296 g/mol. The van der Waals surface area contributed by atoms with E-state index >= 15 is 0 Å². The summed E-state index contributed by atoms with van der Waals surface area (Å²) in [6, 6.07) is 4.70. The van der Waals surface area contributed by atoms with Gasteiger partial charge in [0.2, 0.25) is 0 Å². The zero-order chi connectivity index (χ0) is 14.7. The molecule has 2 rings (SSSR count). The van der Waals surface area contributed by atoms with Gasteiger partial charge in [0.05, 0.1) is 4.99 Å². The molecule has 110 valence electrons. The fourth-order valence-electron chi connectivity index (χ4n) is 2.49. The van der Waals surface area contributed by atoms with Crippen molar-refractivity contribution in [2.24, 2.45) is 11.7 Å². The highest BCUT2D eigenvalue weighted by Gasteiger charge is 2.25. The molecule has 0 saturated heterocycles. The van der Waals surface area contributed by atoms with E-state index in [4.69, 9.17) is 22.7 Å². The van der Waals surface area contributed by atoms with E-state index in [2.05, 4.69) is 11.8 Å². The summed E-state index contributed by atoms with van der Waals surface area (Å²) in [5.41, 5.74) is 6.62. The van der Waals surface area contributed by atoms with Crippen molar-refractivity contribution in [3.8, 4) is 5.75 Å². The molecule has 0 saturated carbocycles. The van der Waals surface area contributed by atoms with Crippen molar-refractivity contribution in [2.45, 2.75) is 26.4 Å². The van der Waals surface area contributed by atoms with Crippen molar-refractivity contribution < 1.29 is 9.13 Å². The number of hydrogen-bond donors (Lipinski definition) is 1. The minimum Gasteiger partial charge on any atom is -0.488 e. The maximum atomic E-state index is 13.2. The van der Waals surface area contributed by atoms with Gasteiger partial charge in [-0.1, -0.05) is 26.1 Å². The molecule has 1 heterocycles. The van der Waals surface area contributed by atoms with Crippen LogP contribution in [0.25, 0.3) is 0 Å². The Labute approximate surface area is 124 Å². The maximum Gasteiger partial charge on any atom is 0.123 e. The van der Waals surface area contributed by atoms with Crippen LogP contribution in [-0.4, -0.2) is 35.6 Å². The Morgan fingerprint density at radius 3 is 3.00 bits per heavy atom. The highest BCUT2D eigenvalue weighted by Crippen LogP contribution is 2.29. The maximum absolute atomic E-state index is 13.2. The topological polar surface area (TPSA) is 38.5 Å². The standard InChI is InChI=1S/C15H21FN2OS/c1-3-18(8-10(2)15(17)20)9-13-7-11-6-12(16)4-5-14(11)19-13/h4-6,10,13H,3,7-9H2,1-2H3,(H2,17,20). The number of likely N-dealkylation sites (N-methyl/N-ethyl adjacent to an activating group) is 1. The van der Waals surface area contributed by atoms with E-state index < -0.39 is 0 Å². The summed E-state index contributed by atoms with van der Waals surface area (Å²) < 4.78 is 19.0. The van der Waals surface area contributed by atoms with Gasteiger partial charge in [-0.25, -0.2) is 4.39 Å². The van der Waals surface area contributed by atoms with Crippen LogP contribution in [0.1, 0.15) is 19.4 Å². The van der Waals surface area contributed by atoms with Crippen molar-refractivity contribution >= 4 is 17.2 Å². The lowest BCUT2D eigenvalue weighted by Gasteiger charge is -2.26. The summed E-state index contributed by atoms with van der Waals surface area (Å²) in [7, 11) is 0. The van der Waals surface area contributed by atoms with Gasteiger partial charge in [0.25, 0.3) is 0 Å². The quantitative estimate of drug-likeness (QED) is 0.818. The number of rotatable bonds is 6. The van der Waals surface area contributed by atoms with Crippen LogP contribution in [0, 0.1) is 11.7 Å². The van der Waals surface area contributed by atoms with Crippen LogP contribution >= 0.6 is 12.2 Å². The fourth-order valence-corrected chi connectivity index (χ4v) is 2.56. The average molecular weight is 296 g/mol. The molecule has 0 aliphatic carbocycles. The summed E-state index contributed by atoms with van der Waals surface area (Å²) in [5, 5.41) is 0. The van der Waals surface area contributed by atoms with E-state index in [-0.39, 0.29) is 17.8 Å². The molecule has 5 heteroatoms. The van der Waals surface area contributed by atoms with Gasteiger partial charge in [0, 0.05) is 31.0 Å². The molecule has 0 amide bonds. The van der Waals surface area contributed by atoms with Gasteiger partial charge >= 0.3 is 0 Å². The number of benzene rings is 1. The Kier molecular flexibility index (Phi) is 4.94. The molecule has 0 radical (unpaired) electrons. The van der Waals surface area contributed by atoms with Crippen molar-refractivity contribution in [1.29, 1.82) is 0 Å². The zero-order valence-corrected chi connectivity index (χ0v) is 12.8. The van der Waals surface area contributed by atoms with E-state index in [0.717, 1.165) is 37.4 Å². The number of nitrogens with two attached hydrogens (primary N) is 1. The third-order valence-electron chi connectivity index (χ3n) is 3.69. The van der Waals surface area contributed by atoms with Gasteiger partial charge in [-0.3, -0.25) is 4.90 Å². The highest BCUT2D eigenvalue weighted by atomic mass is 32.1. The molecule has 2 atom stereocenters. The predicted molar refractivity (Wildman–Crippen MR) is 82.6 cm³/mol. The number of hydrogen-bond acceptors (Lipinski definition) is 3. The molecular formula is C15H21FN2OS. The van der Waals surface area contributed by atoms with Gasteiger partial charge in [-0.05, 0) is 24.7 Å². The van der Waals surface area contributed by atoms with Crippen LogP contribution in [0.3, 0.4) is 0 Å². The van der Waals surface area contributed by atoms with E-state index in [1.807, 2.05) is 6.92 Å². The Bertz CT molecular complexity index is 495. The Morgan fingerprint density at radius 1 is 1.60 bits per heavy atom. The molecule has 1 aromatic carbocycles. The summed E-state index contributed by atoms with van der Waals surface area (Å²) in [6.45, 7) is 6.69. The second kappa shape index (κ2) is 6.50. The van der Waals surface area contributed by atoms with E-state index in [1.54, 1.807) is 12.1 Å². The molecule has 0 fully saturated rings.